The number of anilines is 1. The highest BCUT2D eigenvalue weighted by atomic mass is 16.5. The fourth-order valence-corrected chi connectivity index (χ4v) is 2.99. The molecular weight excluding hydrogens is 316 g/mol. The zero-order chi connectivity index (χ0) is 17.6. The maximum atomic E-state index is 12.4. The molecule has 2 aromatic rings. The van der Waals surface area contributed by atoms with Crippen LogP contribution in [0.5, 0.6) is 5.75 Å². The van der Waals surface area contributed by atoms with Gasteiger partial charge in [-0.1, -0.05) is 30.3 Å². The molecule has 1 heterocycles. The fourth-order valence-electron chi connectivity index (χ4n) is 2.99. The minimum absolute atomic E-state index is 0.0181. The van der Waals surface area contributed by atoms with Crippen LogP contribution in [0.25, 0.3) is 0 Å². The average molecular weight is 338 g/mol. The normalized spacial score (nSPS) is 12.6. The van der Waals surface area contributed by atoms with Crippen molar-refractivity contribution in [1.82, 2.24) is 5.32 Å². The van der Waals surface area contributed by atoms with Crippen LogP contribution in [-0.2, 0) is 22.4 Å². The molecule has 1 aliphatic heterocycles. The van der Waals surface area contributed by atoms with Gasteiger partial charge < -0.3 is 15.0 Å². The van der Waals surface area contributed by atoms with Crippen molar-refractivity contribution in [2.75, 3.05) is 24.6 Å². The number of amides is 2. The fraction of sp³-hybridized carbons (Fsp3) is 0.300. The molecule has 0 radical (unpaired) electrons. The number of carbonyl (C=O) groups excluding carboxylic acids is 2. The van der Waals surface area contributed by atoms with E-state index >= 15 is 0 Å². The Kier molecular flexibility index (Phi) is 5.33. The molecule has 130 valence electrons. The molecule has 0 unspecified atom stereocenters. The van der Waals surface area contributed by atoms with Crippen LogP contribution < -0.4 is 15.0 Å². The third-order valence-corrected chi connectivity index (χ3v) is 4.22. The van der Waals surface area contributed by atoms with Gasteiger partial charge in [-0.2, -0.15) is 0 Å². The smallest absolute Gasteiger partial charge is 0.246 e. The summed E-state index contributed by atoms with van der Waals surface area (Å²) >= 11 is 0. The molecule has 2 aromatic carbocycles. The maximum absolute atomic E-state index is 12.4. The van der Waals surface area contributed by atoms with Crippen molar-refractivity contribution in [3.05, 3.63) is 59.7 Å². The Balaban J connectivity index is 1.50. The second-order valence-electron chi connectivity index (χ2n) is 5.95. The maximum Gasteiger partial charge on any atom is 0.246 e. The number of rotatable bonds is 6. The van der Waals surface area contributed by atoms with E-state index in [1.807, 2.05) is 55.5 Å². The van der Waals surface area contributed by atoms with Gasteiger partial charge in [0.1, 0.15) is 5.75 Å². The van der Waals surface area contributed by atoms with Gasteiger partial charge in [-0.25, -0.2) is 0 Å². The molecule has 0 spiro atoms. The zero-order valence-corrected chi connectivity index (χ0v) is 14.3. The minimum atomic E-state index is -0.162. The molecule has 2 amide bonds. The lowest BCUT2D eigenvalue weighted by Crippen LogP contribution is -2.39. The lowest BCUT2D eigenvalue weighted by atomic mass is 10.1. The van der Waals surface area contributed by atoms with E-state index in [2.05, 4.69) is 5.32 Å². The Morgan fingerprint density at radius 1 is 1.12 bits per heavy atom. The highest BCUT2D eigenvalue weighted by Gasteiger charge is 2.24. The van der Waals surface area contributed by atoms with Gasteiger partial charge in [0, 0.05) is 12.2 Å². The number of fused-ring (bicyclic) bond motifs is 1. The number of carbonyl (C=O) groups is 2. The summed E-state index contributed by atoms with van der Waals surface area (Å²) in [5.74, 6) is 0.546. The van der Waals surface area contributed by atoms with Gasteiger partial charge in [-0.15, -0.1) is 0 Å². The number of ether oxygens (including phenoxy) is 1. The van der Waals surface area contributed by atoms with Gasteiger partial charge in [-0.05, 0) is 42.7 Å². The molecule has 5 heteroatoms. The Hall–Kier alpha value is -2.82. The summed E-state index contributed by atoms with van der Waals surface area (Å²) in [6.45, 7) is 3.23. The first-order chi connectivity index (χ1) is 12.2. The SMILES string of the molecule is CCOc1ccc(CC(=O)NCC(=O)N2CCc3ccccc32)cc1. The van der Waals surface area contributed by atoms with Crippen LogP contribution >= 0.6 is 0 Å². The summed E-state index contributed by atoms with van der Waals surface area (Å²) in [5, 5.41) is 2.72. The second-order valence-corrected chi connectivity index (χ2v) is 5.95. The number of nitrogens with zero attached hydrogens (tertiary/aromatic N) is 1. The van der Waals surface area contributed by atoms with Gasteiger partial charge in [0.25, 0.3) is 0 Å². The predicted molar refractivity (Wildman–Crippen MR) is 96.8 cm³/mol. The molecule has 0 atom stereocenters. The predicted octanol–water partition coefficient (Wildman–Crippen LogP) is 2.33. The Bertz CT molecular complexity index is 756. The van der Waals surface area contributed by atoms with Crippen molar-refractivity contribution in [3.63, 3.8) is 0 Å². The van der Waals surface area contributed by atoms with Gasteiger partial charge in [0.2, 0.25) is 11.8 Å². The van der Waals surface area contributed by atoms with Crippen molar-refractivity contribution in [1.29, 1.82) is 0 Å². The molecule has 3 rings (SSSR count). The third kappa shape index (κ3) is 4.18. The highest BCUT2D eigenvalue weighted by molar-refractivity contribution is 5.98. The monoisotopic (exact) mass is 338 g/mol. The van der Waals surface area contributed by atoms with E-state index in [1.54, 1.807) is 4.90 Å². The summed E-state index contributed by atoms with van der Waals surface area (Å²) in [4.78, 5) is 26.2. The molecule has 1 N–H and O–H groups in total. The van der Waals surface area contributed by atoms with Crippen molar-refractivity contribution >= 4 is 17.5 Å². The van der Waals surface area contributed by atoms with E-state index in [1.165, 1.54) is 5.56 Å². The van der Waals surface area contributed by atoms with E-state index in [9.17, 15) is 9.59 Å². The quantitative estimate of drug-likeness (QED) is 0.879. The summed E-state index contributed by atoms with van der Waals surface area (Å²) in [6, 6.07) is 15.3. The minimum Gasteiger partial charge on any atom is -0.494 e. The van der Waals surface area contributed by atoms with Crippen molar-refractivity contribution in [3.8, 4) is 5.75 Å². The van der Waals surface area contributed by atoms with Crippen molar-refractivity contribution < 1.29 is 14.3 Å². The molecule has 0 fully saturated rings. The van der Waals surface area contributed by atoms with E-state index in [-0.39, 0.29) is 24.8 Å². The molecule has 5 nitrogen and oxygen atoms in total. The molecule has 0 saturated heterocycles. The number of hydrogen-bond donors (Lipinski definition) is 1. The van der Waals surface area contributed by atoms with Crippen LogP contribution in [0.1, 0.15) is 18.1 Å². The number of hydrogen-bond acceptors (Lipinski definition) is 3. The van der Waals surface area contributed by atoms with E-state index in [4.69, 9.17) is 4.74 Å². The molecular formula is C20H22N2O3. The summed E-state index contributed by atoms with van der Waals surface area (Å²) < 4.78 is 5.38. The third-order valence-electron chi connectivity index (χ3n) is 4.22. The van der Waals surface area contributed by atoms with Crippen LogP contribution in [0.15, 0.2) is 48.5 Å². The standard InChI is InChI=1S/C20H22N2O3/c1-2-25-17-9-7-15(8-10-17)13-19(23)21-14-20(24)22-12-11-16-5-3-4-6-18(16)22/h3-10H,2,11-14H2,1H3,(H,21,23). The van der Waals surface area contributed by atoms with E-state index in [0.717, 1.165) is 23.4 Å². The van der Waals surface area contributed by atoms with Crippen LogP contribution in [-0.4, -0.2) is 31.5 Å². The summed E-state index contributed by atoms with van der Waals surface area (Å²) in [6.07, 6.45) is 1.11. The second kappa shape index (κ2) is 7.83. The van der Waals surface area contributed by atoms with Crippen LogP contribution in [0.3, 0.4) is 0 Å². The van der Waals surface area contributed by atoms with Gasteiger partial charge in [0.15, 0.2) is 0 Å². The molecule has 0 saturated carbocycles. The first kappa shape index (κ1) is 17.0. The van der Waals surface area contributed by atoms with Gasteiger partial charge >= 0.3 is 0 Å². The van der Waals surface area contributed by atoms with Crippen LogP contribution in [0, 0.1) is 0 Å². The van der Waals surface area contributed by atoms with E-state index < -0.39 is 0 Å². The first-order valence-corrected chi connectivity index (χ1v) is 8.54. The average Bonchev–Trinajstić information content (AvgIpc) is 3.06. The molecule has 1 aliphatic rings. The zero-order valence-electron chi connectivity index (χ0n) is 14.3. The largest absolute Gasteiger partial charge is 0.494 e. The van der Waals surface area contributed by atoms with Crippen molar-refractivity contribution in [2.24, 2.45) is 0 Å². The number of para-hydroxylation sites is 1. The molecule has 0 aliphatic carbocycles. The highest BCUT2D eigenvalue weighted by Crippen LogP contribution is 2.27. The summed E-state index contributed by atoms with van der Waals surface area (Å²) in [5.41, 5.74) is 3.02. The number of benzene rings is 2. The lowest BCUT2D eigenvalue weighted by molar-refractivity contribution is -0.124. The number of nitrogens with one attached hydrogen (secondary N) is 1. The Labute approximate surface area is 147 Å². The Morgan fingerprint density at radius 2 is 1.88 bits per heavy atom. The Morgan fingerprint density at radius 3 is 2.64 bits per heavy atom. The van der Waals surface area contributed by atoms with Gasteiger partial charge in [0.05, 0.1) is 19.6 Å². The van der Waals surface area contributed by atoms with Crippen molar-refractivity contribution in [2.45, 2.75) is 19.8 Å². The van der Waals surface area contributed by atoms with E-state index in [0.29, 0.717) is 13.2 Å². The van der Waals surface area contributed by atoms with Crippen LogP contribution in [0.2, 0.25) is 0 Å². The summed E-state index contributed by atoms with van der Waals surface area (Å²) in [7, 11) is 0. The molecule has 0 aromatic heterocycles. The first-order valence-electron chi connectivity index (χ1n) is 8.54. The molecule has 25 heavy (non-hydrogen) atoms. The van der Waals surface area contributed by atoms with Gasteiger partial charge in [-0.3, -0.25) is 9.59 Å². The topological polar surface area (TPSA) is 58.6 Å². The lowest BCUT2D eigenvalue weighted by Gasteiger charge is -2.17. The van der Waals surface area contributed by atoms with Crippen LogP contribution in [0.4, 0.5) is 5.69 Å². The molecule has 0 bridgehead atoms.